The van der Waals surface area contributed by atoms with Crippen LogP contribution >= 0.6 is 0 Å². The van der Waals surface area contributed by atoms with Gasteiger partial charge in [-0.2, -0.15) is 8.42 Å². The minimum absolute atomic E-state index is 0.100. The minimum atomic E-state index is -3.93. The van der Waals surface area contributed by atoms with Crippen molar-refractivity contribution in [2.45, 2.75) is 30.7 Å². The standard InChI is InChI=1S/C19H26O6SSi/c1-15-12-13-18(25-26(20,21)16-9-6-5-7-10-16)19(22-2)17(15)11-8-14-27(23-3)24-4/h5-7,9-10,12-13,27H,8,11,14H2,1-4H3. The van der Waals surface area contributed by atoms with E-state index in [1.807, 2.05) is 13.0 Å². The first-order valence-electron chi connectivity index (χ1n) is 8.64. The van der Waals surface area contributed by atoms with E-state index in [2.05, 4.69) is 0 Å². The summed E-state index contributed by atoms with van der Waals surface area (Å²) in [6, 6.07) is 12.4. The van der Waals surface area contributed by atoms with Gasteiger partial charge in [0.1, 0.15) is 4.90 Å². The number of aryl methyl sites for hydroxylation is 1. The van der Waals surface area contributed by atoms with Gasteiger partial charge >= 0.3 is 19.4 Å². The molecule has 148 valence electrons. The van der Waals surface area contributed by atoms with Crippen LogP contribution in [0.25, 0.3) is 0 Å². The Hall–Kier alpha value is -1.87. The second-order valence-electron chi connectivity index (χ2n) is 6.04. The highest BCUT2D eigenvalue weighted by Crippen LogP contribution is 2.36. The van der Waals surface area contributed by atoms with Crippen LogP contribution in [0.1, 0.15) is 17.5 Å². The zero-order valence-corrected chi connectivity index (χ0v) is 18.1. The third-order valence-electron chi connectivity index (χ3n) is 4.29. The molecule has 8 heteroatoms. The lowest BCUT2D eigenvalue weighted by molar-refractivity contribution is 0.276. The largest absolute Gasteiger partial charge is 0.493 e. The van der Waals surface area contributed by atoms with E-state index in [1.165, 1.54) is 19.2 Å². The molecule has 6 nitrogen and oxygen atoms in total. The van der Waals surface area contributed by atoms with Gasteiger partial charge in [-0.3, -0.25) is 0 Å². The molecule has 2 aromatic rings. The van der Waals surface area contributed by atoms with Crippen molar-refractivity contribution in [2.75, 3.05) is 21.3 Å². The van der Waals surface area contributed by atoms with Crippen molar-refractivity contribution in [2.24, 2.45) is 0 Å². The van der Waals surface area contributed by atoms with Crippen LogP contribution in [-0.4, -0.2) is 39.0 Å². The third kappa shape index (κ3) is 5.55. The van der Waals surface area contributed by atoms with Crippen molar-refractivity contribution in [3.05, 3.63) is 53.6 Å². The van der Waals surface area contributed by atoms with Gasteiger partial charge in [0.05, 0.1) is 7.11 Å². The molecule has 0 aliphatic rings. The molecule has 0 fully saturated rings. The van der Waals surface area contributed by atoms with Crippen LogP contribution in [-0.2, 0) is 25.4 Å². The van der Waals surface area contributed by atoms with E-state index in [0.29, 0.717) is 12.2 Å². The fourth-order valence-electron chi connectivity index (χ4n) is 2.84. The Morgan fingerprint density at radius 1 is 0.963 bits per heavy atom. The predicted octanol–water partition coefficient (Wildman–Crippen LogP) is 3.22. The van der Waals surface area contributed by atoms with Crippen LogP contribution in [0.5, 0.6) is 11.5 Å². The molecule has 0 heterocycles. The molecule has 0 N–H and O–H groups in total. The molecule has 0 atom stereocenters. The first kappa shape index (κ1) is 21.4. The van der Waals surface area contributed by atoms with E-state index >= 15 is 0 Å². The lowest BCUT2D eigenvalue weighted by Gasteiger charge is -2.17. The van der Waals surface area contributed by atoms with Crippen molar-refractivity contribution in [3.8, 4) is 11.5 Å². The number of rotatable bonds is 10. The van der Waals surface area contributed by atoms with E-state index in [4.69, 9.17) is 17.8 Å². The van der Waals surface area contributed by atoms with E-state index in [1.54, 1.807) is 38.5 Å². The van der Waals surface area contributed by atoms with Gasteiger partial charge in [-0.25, -0.2) is 0 Å². The normalized spacial score (nSPS) is 11.6. The van der Waals surface area contributed by atoms with Crippen molar-refractivity contribution in [3.63, 3.8) is 0 Å². The second kappa shape index (κ2) is 9.89. The molecule has 27 heavy (non-hydrogen) atoms. The molecule has 0 aromatic heterocycles. The van der Waals surface area contributed by atoms with Gasteiger partial charge in [-0.05, 0) is 49.6 Å². The Bertz CT molecular complexity index is 835. The number of methoxy groups -OCH3 is 1. The van der Waals surface area contributed by atoms with Crippen LogP contribution in [0, 0.1) is 6.92 Å². The first-order chi connectivity index (χ1) is 12.9. The number of ether oxygens (including phenoxy) is 1. The number of hydrogen-bond acceptors (Lipinski definition) is 6. The number of benzene rings is 2. The molecule has 0 bridgehead atoms. The van der Waals surface area contributed by atoms with E-state index in [0.717, 1.165) is 23.6 Å². The predicted molar refractivity (Wildman–Crippen MR) is 106 cm³/mol. The molecule has 0 amide bonds. The molecular weight excluding hydrogens is 384 g/mol. The highest BCUT2D eigenvalue weighted by molar-refractivity contribution is 7.87. The quantitative estimate of drug-likeness (QED) is 0.442. The minimum Gasteiger partial charge on any atom is -0.493 e. The van der Waals surface area contributed by atoms with Gasteiger partial charge in [-0.1, -0.05) is 24.3 Å². The van der Waals surface area contributed by atoms with Crippen molar-refractivity contribution >= 4 is 19.4 Å². The lowest BCUT2D eigenvalue weighted by atomic mass is 10.0. The fraction of sp³-hybridized carbons (Fsp3) is 0.368. The maximum atomic E-state index is 12.5. The Morgan fingerprint density at radius 3 is 2.22 bits per heavy atom. The summed E-state index contributed by atoms with van der Waals surface area (Å²) in [7, 11) is -0.720. The highest BCUT2D eigenvalue weighted by atomic mass is 32.2. The third-order valence-corrected chi connectivity index (χ3v) is 7.47. The van der Waals surface area contributed by atoms with Crippen LogP contribution in [0.4, 0.5) is 0 Å². The molecule has 0 aliphatic carbocycles. The first-order valence-corrected chi connectivity index (χ1v) is 11.8. The summed E-state index contributed by atoms with van der Waals surface area (Å²) in [4.78, 5) is 0.100. The summed E-state index contributed by atoms with van der Waals surface area (Å²) in [5.74, 6) is 0.636. The Morgan fingerprint density at radius 2 is 1.63 bits per heavy atom. The van der Waals surface area contributed by atoms with Gasteiger partial charge in [0.15, 0.2) is 11.5 Å². The molecule has 0 saturated heterocycles. The summed E-state index contributed by atoms with van der Waals surface area (Å²) in [6.07, 6.45) is 1.57. The average molecular weight is 411 g/mol. The van der Waals surface area contributed by atoms with Crippen LogP contribution in [0.3, 0.4) is 0 Å². The Balaban J connectivity index is 2.25. The molecule has 0 radical (unpaired) electrons. The van der Waals surface area contributed by atoms with Crippen LogP contribution < -0.4 is 8.92 Å². The van der Waals surface area contributed by atoms with E-state index in [-0.39, 0.29) is 10.6 Å². The van der Waals surface area contributed by atoms with Gasteiger partial charge in [-0.15, -0.1) is 0 Å². The summed E-state index contributed by atoms with van der Waals surface area (Å²) < 4.78 is 46.7. The molecule has 0 saturated carbocycles. The van der Waals surface area contributed by atoms with Crippen molar-refractivity contribution < 1.29 is 26.2 Å². The fourth-order valence-corrected chi connectivity index (χ4v) is 4.99. The monoisotopic (exact) mass is 410 g/mol. The summed E-state index contributed by atoms with van der Waals surface area (Å²) in [5, 5.41) is 0. The molecule has 0 spiro atoms. The van der Waals surface area contributed by atoms with Crippen molar-refractivity contribution in [1.82, 2.24) is 0 Å². The topological polar surface area (TPSA) is 71.1 Å². The van der Waals surface area contributed by atoms with E-state index < -0.39 is 19.4 Å². The zero-order valence-electron chi connectivity index (χ0n) is 16.1. The van der Waals surface area contributed by atoms with Gasteiger partial charge in [0, 0.05) is 19.8 Å². The Labute approximate surface area is 163 Å². The highest BCUT2D eigenvalue weighted by Gasteiger charge is 2.21. The average Bonchev–Trinajstić information content (AvgIpc) is 2.68. The van der Waals surface area contributed by atoms with Gasteiger partial charge < -0.3 is 17.8 Å². The zero-order chi connectivity index (χ0) is 19.9. The molecule has 2 aromatic carbocycles. The molecule has 0 aliphatic heterocycles. The molecular formula is C19H26O6SSi. The van der Waals surface area contributed by atoms with Crippen LogP contribution in [0.15, 0.2) is 47.4 Å². The van der Waals surface area contributed by atoms with Gasteiger partial charge in [0.2, 0.25) is 0 Å². The summed E-state index contributed by atoms with van der Waals surface area (Å²) in [6.45, 7) is 1.97. The van der Waals surface area contributed by atoms with E-state index in [9.17, 15) is 8.42 Å². The van der Waals surface area contributed by atoms with Crippen LogP contribution in [0.2, 0.25) is 6.04 Å². The number of hydrogen-bond donors (Lipinski definition) is 0. The molecule has 2 rings (SSSR count). The smallest absolute Gasteiger partial charge is 0.339 e. The molecule has 0 unspecified atom stereocenters. The SMILES string of the molecule is COc1c(OS(=O)(=O)c2ccccc2)ccc(C)c1CCC[SiH](OC)OC. The second-order valence-corrected chi connectivity index (χ2v) is 9.96. The maximum Gasteiger partial charge on any atom is 0.339 e. The summed E-state index contributed by atoms with van der Waals surface area (Å²) in [5.41, 5.74) is 1.95. The summed E-state index contributed by atoms with van der Waals surface area (Å²) >= 11 is 0. The van der Waals surface area contributed by atoms with Crippen molar-refractivity contribution in [1.29, 1.82) is 0 Å². The van der Waals surface area contributed by atoms with Gasteiger partial charge in [0.25, 0.3) is 0 Å². The Kier molecular flexibility index (Phi) is 7.85. The lowest BCUT2D eigenvalue weighted by Crippen LogP contribution is -2.18. The maximum absolute atomic E-state index is 12.5.